The van der Waals surface area contributed by atoms with Crippen LogP contribution in [0, 0.1) is 20.8 Å². The lowest BCUT2D eigenvalue weighted by molar-refractivity contribution is -0.136. The molecule has 1 aromatic carbocycles. The van der Waals surface area contributed by atoms with Crippen molar-refractivity contribution in [3.05, 3.63) is 39.3 Å². The van der Waals surface area contributed by atoms with Crippen LogP contribution in [0.1, 0.15) is 41.5 Å². The first-order valence-electron chi connectivity index (χ1n) is 8.98. The first-order chi connectivity index (χ1) is 12.4. The summed E-state index contributed by atoms with van der Waals surface area (Å²) in [4.78, 5) is 40.6. The summed E-state index contributed by atoms with van der Waals surface area (Å²) in [6, 6.07) is 4.12. The monoisotopic (exact) mass is 372 g/mol. The molecule has 3 rings (SSSR count). The molecule has 0 N–H and O–H groups in total. The van der Waals surface area contributed by atoms with Gasteiger partial charge in [-0.05, 0) is 74.6 Å². The van der Waals surface area contributed by atoms with Crippen LogP contribution in [0.5, 0.6) is 0 Å². The summed E-state index contributed by atoms with van der Waals surface area (Å²) < 4.78 is 0. The summed E-state index contributed by atoms with van der Waals surface area (Å²) in [5.74, 6) is -0.513. The lowest BCUT2D eigenvalue weighted by Gasteiger charge is -2.27. The maximum absolute atomic E-state index is 12.7. The van der Waals surface area contributed by atoms with E-state index in [1.165, 1.54) is 0 Å². The van der Waals surface area contributed by atoms with Crippen molar-refractivity contribution < 1.29 is 14.4 Å². The number of likely N-dealkylation sites (tertiary alicyclic amines) is 1. The van der Waals surface area contributed by atoms with Crippen LogP contribution in [0.25, 0.3) is 6.08 Å². The van der Waals surface area contributed by atoms with Gasteiger partial charge in [0.05, 0.1) is 4.91 Å². The molecule has 0 spiro atoms. The van der Waals surface area contributed by atoms with E-state index in [1.54, 1.807) is 11.0 Å². The van der Waals surface area contributed by atoms with Gasteiger partial charge in [-0.25, -0.2) is 0 Å². The number of benzene rings is 1. The SMILES string of the molecule is Cc1cc(C)c(C=C2SC(=O)N(CC(=O)N3CCCCC3)C2=O)c(C)c1. The standard InChI is InChI=1S/C20H24N2O3S/c1-13-9-14(2)16(15(3)10-13)11-17-19(24)22(20(25)26-17)12-18(23)21-7-5-4-6-8-21/h9-11H,4-8,12H2,1-3H3. The second kappa shape index (κ2) is 7.66. The highest BCUT2D eigenvalue weighted by atomic mass is 32.2. The van der Waals surface area contributed by atoms with E-state index in [0.29, 0.717) is 18.0 Å². The topological polar surface area (TPSA) is 57.7 Å². The van der Waals surface area contributed by atoms with Crippen molar-refractivity contribution in [2.75, 3.05) is 19.6 Å². The second-order valence-electron chi connectivity index (χ2n) is 7.02. The Morgan fingerprint density at radius 2 is 1.69 bits per heavy atom. The number of carbonyl (C=O) groups is 3. The first-order valence-corrected chi connectivity index (χ1v) is 9.79. The zero-order chi connectivity index (χ0) is 18.8. The number of amides is 3. The average Bonchev–Trinajstić information content (AvgIpc) is 2.86. The Labute approximate surface area is 158 Å². The Morgan fingerprint density at radius 3 is 2.31 bits per heavy atom. The van der Waals surface area contributed by atoms with Gasteiger partial charge in [-0.1, -0.05) is 17.7 Å². The fourth-order valence-corrected chi connectivity index (χ4v) is 4.38. The van der Waals surface area contributed by atoms with E-state index in [4.69, 9.17) is 0 Å². The molecule has 26 heavy (non-hydrogen) atoms. The lowest BCUT2D eigenvalue weighted by atomic mass is 9.99. The van der Waals surface area contributed by atoms with Crippen LogP contribution in [-0.2, 0) is 9.59 Å². The normalized spacial score (nSPS) is 19.6. The minimum atomic E-state index is -0.371. The van der Waals surface area contributed by atoms with Crippen LogP contribution >= 0.6 is 11.8 Å². The molecular weight excluding hydrogens is 348 g/mol. The van der Waals surface area contributed by atoms with E-state index >= 15 is 0 Å². The number of piperidine rings is 1. The minimum absolute atomic E-state index is 0.143. The predicted octanol–water partition coefficient (Wildman–Crippen LogP) is 3.66. The van der Waals surface area contributed by atoms with E-state index < -0.39 is 0 Å². The number of rotatable bonds is 3. The molecule has 0 aliphatic carbocycles. The molecule has 0 aromatic heterocycles. The number of imide groups is 1. The molecule has 138 valence electrons. The molecule has 6 heteroatoms. The molecule has 2 aliphatic rings. The van der Waals surface area contributed by atoms with E-state index in [9.17, 15) is 14.4 Å². The van der Waals surface area contributed by atoms with Crippen molar-refractivity contribution in [1.82, 2.24) is 9.80 Å². The predicted molar refractivity (Wildman–Crippen MR) is 104 cm³/mol. The highest BCUT2D eigenvalue weighted by Crippen LogP contribution is 2.33. The van der Waals surface area contributed by atoms with Gasteiger partial charge in [0.25, 0.3) is 11.1 Å². The van der Waals surface area contributed by atoms with Gasteiger partial charge in [-0.2, -0.15) is 0 Å². The molecule has 3 amide bonds. The van der Waals surface area contributed by atoms with E-state index in [1.807, 2.05) is 20.8 Å². The maximum Gasteiger partial charge on any atom is 0.294 e. The summed E-state index contributed by atoms with van der Waals surface area (Å²) in [5.41, 5.74) is 4.26. The molecule has 2 heterocycles. The van der Waals surface area contributed by atoms with Gasteiger partial charge >= 0.3 is 0 Å². The van der Waals surface area contributed by atoms with Crippen molar-refractivity contribution in [3.8, 4) is 0 Å². The highest BCUT2D eigenvalue weighted by Gasteiger charge is 2.37. The van der Waals surface area contributed by atoms with Gasteiger partial charge in [-0.15, -0.1) is 0 Å². The summed E-state index contributed by atoms with van der Waals surface area (Å²) in [6.45, 7) is 7.29. The number of aryl methyl sites for hydroxylation is 3. The molecule has 2 saturated heterocycles. The van der Waals surface area contributed by atoms with Crippen LogP contribution < -0.4 is 0 Å². The number of hydrogen-bond acceptors (Lipinski definition) is 4. The van der Waals surface area contributed by atoms with Crippen LogP contribution in [-0.4, -0.2) is 46.5 Å². The van der Waals surface area contributed by atoms with E-state index in [0.717, 1.165) is 58.2 Å². The zero-order valence-electron chi connectivity index (χ0n) is 15.5. The van der Waals surface area contributed by atoms with Crippen molar-refractivity contribution >= 4 is 34.9 Å². The molecule has 0 saturated carbocycles. The Hall–Kier alpha value is -2.08. The van der Waals surface area contributed by atoms with Gasteiger partial charge in [0.1, 0.15) is 6.54 Å². The van der Waals surface area contributed by atoms with Crippen LogP contribution in [0.3, 0.4) is 0 Å². The van der Waals surface area contributed by atoms with Crippen molar-refractivity contribution in [1.29, 1.82) is 0 Å². The Kier molecular flexibility index (Phi) is 5.51. The Morgan fingerprint density at radius 1 is 1.08 bits per heavy atom. The third-order valence-corrected chi connectivity index (χ3v) is 5.80. The van der Waals surface area contributed by atoms with E-state index in [2.05, 4.69) is 12.1 Å². The molecule has 0 atom stereocenters. The van der Waals surface area contributed by atoms with Crippen molar-refractivity contribution in [2.45, 2.75) is 40.0 Å². The quantitative estimate of drug-likeness (QED) is 0.760. The van der Waals surface area contributed by atoms with Crippen LogP contribution in [0.4, 0.5) is 4.79 Å². The van der Waals surface area contributed by atoms with Gasteiger partial charge in [-0.3, -0.25) is 19.3 Å². The van der Waals surface area contributed by atoms with Crippen molar-refractivity contribution in [2.24, 2.45) is 0 Å². The highest BCUT2D eigenvalue weighted by molar-refractivity contribution is 8.18. The minimum Gasteiger partial charge on any atom is -0.341 e. The maximum atomic E-state index is 12.7. The molecule has 2 fully saturated rings. The number of hydrogen-bond donors (Lipinski definition) is 0. The second-order valence-corrected chi connectivity index (χ2v) is 8.01. The molecule has 0 radical (unpaired) electrons. The number of nitrogens with zero attached hydrogens (tertiary/aromatic N) is 2. The Bertz CT molecular complexity index is 771. The molecule has 5 nitrogen and oxygen atoms in total. The smallest absolute Gasteiger partial charge is 0.294 e. The average molecular weight is 372 g/mol. The summed E-state index contributed by atoms with van der Waals surface area (Å²) in [7, 11) is 0. The van der Waals surface area contributed by atoms with Crippen LogP contribution in [0.2, 0.25) is 0 Å². The fourth-order valence-electron chi connectivity index (χ4n) is 3.56. The molecule has 1 aromatic rings. The first kappa shape index (κ1) is 18.7. The molecule has 0 bridgehead atoms. The largest absolute Gasteiger partial charge is 0.341 e. The summed E-state index contributed by atoms with van der Waals surface area (Å²) in [6.07, 6.45) is 4.88. The summed E-state index contributed by atoms with van der Waals surface area (Å²) in [5, 5.41) is -0.367. The molecular formula is C20H24N2O3S. The fraction of sp³-hybridized carbons (Fsp3) is 0.450. The van der Waals surface area contributed by atoms with Gasteiger partial charge in [0, 0.05) is 13.1 Å². The Balaban J connectivity index is 1.77. The van der Waals surface area contributed by atoms with Gasteiger partial charge in [0.2, 0.25) is 5.91 Å². The van der Waals surface area contributed by atoms with Crippen LogP contribution in [0.15, 0.2) is 17.0 Å². The molecule has 0 unspecified atom stereocenters. The van der Waals surface area contributed by atoms with Crippen molar-refractivity contribution in [3.63, 3.8) is 0 Å². The number of carbonyl (C=O) groups excluding carboxylic acids is 3. The number of thioether (sulfide) groups is 1. The van der Waals surface area contributed by atoms with Gasteiger partial charge in [0.15, 0.2) is 0 Å². The lowest BCUT2D eigenvalue weighted by Crippen LogP contribution is -2.44. The van der Waals surface area contributed by atoms with E-state index in [-0.39, 0.29) is 23.6 Å². The molecule has 2 aliphatic heterocycles. The third-order valence-electron chi connectivity index (χ3n) is 4.89. The third kappa shape index (κ3) is 3.85. The summed E-state index contributed by atoms with van der Waals surface area (Å²) >= 11 is 0.915. The zero-order valence-corrected chi connectivity index (χ0v) is 16.3. The van der Waals surface area contributed by atoms with Gasteiger partial charge < -0.3 is 4.90 Å².